The smallest absolute Gasteiger partial charge is 0.376 e. The number of methoxy groups -OCH3 is 1. The average Bonchev–Trinajstić information content (AvgIpc) is 3.39. The Labute approximate surface area is 222 Å². The molecular formula is C27H21N5O5S. The molecule has 2 aromatic carbocycles. The van der Waals surface area contributed by atoms with E-state index in [-0.39, 0.29) is 52.7 Å². The normalized spacial score (nSPS) is 10.4. The summed E-state index contributed by atoms with van der Waals surface area (Å²) < 4.78 is 16.0. The Kier molecular flexibility index (Phi) is 8.23. The number of benzene rings is 2. The number of thioether (sulfide) groups is 1. The van der Waals surface area contributed by atoms with Crippen LogP contribution >= 0.6 is 11.8 Å². The zero-order valence-electron chi connectivity index (χ0n) is 20.2. The van der Waals surface area contributed by atoms with E-state index in [1.807, 2.05) is 18.2 Å². The number of oxazole rings is 1. The van der Waals surface area contributed by atoms with Gasteiger partial charge in [-0.3, -0.25) is 0 Å². The van der Waals surface area contributed by atoms with Gasteiger partial charge in [0.1, 0.15) is 35.0 Å². The number of hydrogen-bond acceptors (Lipinski definition) is 10. The van der Waals surface area contributed by atoms with Gasteiger partial charge < -0.3 is 24.7 Å². The van der Waals surface area contributed by atoms with Crippen molar-refractivity contribution in [1.82, 2.24) is 9.97 Å². The molecule has 0 aliphatic rings. The third-order valence-electron chi connectivity index (χ3n) is 5.33. The molecule has 3 N–H and O–H groups in total. The van der Waals surface area contributed by atoms with E-state index in [0.29, 0.717) is 28.1 Å². The third-order valence-corrected chi connectivity index (χ3v) is 6.31. The lowest BCUT2D eigenvalue weighted by atomic mass is 10.00. The first kappa shape index (κ1) is 26.2. The SMILES string of the molecule is [C-]#[N+]c1c(N)nc(SCc2nc(-c3ccccc3)oc2C(=O)OC)c(C#N)c1-c1ccc(OCCO)cc1. The zero-order valence-corrected chi connectivity index (χ0v) is 21.0. The highest BCUT2D eigenvalue weighted by Gasteiger charge is 2.25. The molecule has 4 aromatic rings. The van der Waals surface area contributed by atoms with Crippen LogP contribution in [0.1, 0.15) is 21.8 Å². The van der Waals surface area contributed by atoms with Gasteiger partial charge in [0.25, 0.3) is 0 Å². The van der Waals surface area contributed by atoms with Crippen molar-refractivity contribution in [1.29, 1.82) is 5.26 Å². The van der Waals surface area contributed by atoms with Crippen LogP contribution in [-0.4, -0.2) is 41.4 Å². The van der Waals surface area contributed by atoms with E-state index in [0.717, 1.165) is 11.8 Å². The number of anilines is 1. The summed E-state index contributed by atoms with van der Waals surface area (Å²) >= 11 is 1.13. The van der Waals surface area contributed by atoms with Gasteiger partial charge in [-0.05, 0) is 29.8 Å². The number of aliphatic hydroxyl groups is 1. The highest BCUT2D eigenvalue weighted by atomic mass is 32.2. The van der Waals surface area contributed by atoms with Crippen molar-refractivity contribution >= 4 is 29.2 Å². The van der Waals surface area contributed by atoms with E-state index in [4.69, 9.17) is 31.3 Å². The fraction of sp³-hybridized carbons (Fsp3) is 0.148. The Morgan fingerprint density at radius 1 is 1.18 bits per heavy atom. The number of pyridine rings is 1. The minimum absolute atomic E-state index is 0.0320. The van der Waals surface area contributed by atoms with Gasteiger partial charge in [-0.25, -0.2) is 19.6 Å². The number of carbonyl (C=O) groups excluding carboxylic acids is 1. The van der Waals surface area contributed by atoms with Crippen LogP contribution in [0.2, 0.25) is 0 Å². The maximum absolute atomic E-state index is 12.4. The number of aromatic nitrogens is 2. The minimum atomic E-state index is -0.684. The second-order valence-electron chi connectivity index (χ2n) is 7.66. The van der Waals surface area contributed by atoms with E-state index in [1.165, 1.54) is 7.11 Å². The zero-order chi connectivity index (χ0) is 27.1. The van der Waals surface area contributed by atoms with Gasteiger partial charge in [-0.1, -0.05) is 42.1 Å². The van der Waals surface area contributed by atoms with Crippen molar-refractivity contribution in [3.8, 4) is 34.4 Å². The summed E-state index contributed by atoms with van der Waals surface area (Å²) in [7, 11) is 1.25. The van der Waals surface area contributed by atoms with Crippen LogP contribution < -0.4 is 10.5 Å². The van der Waals surface area contributed by atoms with Crippen molar-refractivity contribution < 1.29 is 23.8 Å². The van der Waals surface area contributed by atoms with Crippen LogP contribution in [0.5, 0.6) is 5.75 Å². The largest absolute Gasteiger partial charge is 0.491 e. The standard InChI is InChI=1S/C27H21N5O5S/c1-30-22-21(16-8-10-18(11-9-16)36-13-12-33)19(14-28)26(32-24(22)29)38-15-20-23(27(34)35-2)37-25(31-20)17-6-4-3-5-7-17/h3-11,33H,12-13,15H2,2H3,(H2,29,32). The van der Waals surface area contributed by atoms with Gasteiger partial charge in [-0.2, -0.15) is 5.26 Å². The molecule has 0 spiro atoms. The molecule has 0 unspecified atom stereocenters. The lowest BCUT2D eigenvalue weighted by Crippen LogP contribution is -2.04. The Hall–Kier alpha value is -4.84. The first-order valence-electron chi connectivity index (χ1n) is 11.2. The third kappa shape index (κ3) is 5.44. The molecule has 2 heterocycles. The molecule has 0 atom stereocenters. The summed E-state index contributed by atoms with van der Waals surface area (Å²) in [6.07, 6.45) is 0. The molecule has 10 nitrogen and oxygen atoms in total. The van der Waals surface area contributed by atoms with E-state index < -0.39 is 5.97 Å². The average molecular weight is 528 g/mol. The number of nitrogen functional groups attached to an aromatic ring is 1. The number of rotatable bonds is 9. The summed E-state index contributed by atoms with van der Waals surface area (Å²) in [5, 5.41) is 19.3. The predicted octanol–water partition coefficient (Wildman–Crippen LogP) is 4.86. The summed E-state index contributed by atoms with van der Waals surface area (Å²) in [6.45, 7) is 7.64. The van der Waals surface area contributed by atoms with Crippen molar-refractivity contribution in [2.45, 2.75) is 10.8 Å². The van der Waals surface area contributed by atoms with Crippen molar-refractivity contribution in [3.05, 3.63) is 83.0 Å². The molecule has 2 aromatic heterocycles. The van der Waals surface area contributed by atoms with Crippen LogP contribution in [0.4, 0.5) is 11.5 Å². The molecule has 38 heavy (non-hydrogen) atoms. The first-order valence-corrected chi connectivity index (χ1v) is 12.2. The maximum atomic E-state index is 12.4. The van der Waals surface area contributed by atoms with Gasteiger partial charge in [0.15, 0.2) is 0 Å². The van der Waals surface area contributed by atoms with Crippen molar-refractivity contribution in [2.75, 3.05) is 26.1 Å². The van der Waals surface area contributed by atoms with Gasteiger partial charge in [0, 0.05) is 16.9 Å². The topological polar surface area (TPSA) is 149 Å². The van der Waals surface area contributed by atoms with Gasteiger partial charge in [0.05, 0.1) is 25.9 Å². The highest BCUT2D eigenvalue weighted by molar-refractivity contribution is 7.98. The lowest BCUT2D eigenvalue weighted by Gasteiger charge is -2.13. The van der Waals surface area contributed by atoms with Crippen LogP contribution in [0.25, 0.3) is 27.4 Å². The van der Waals surface area contributed by atoms with E-state index in [2.05, 4.69) is 20.9 Å². The van der Waals surface area contributed by atoms with E-state index in [9.17, 15) is 10.1 Å². The molecular weight excluding hydrogens is 506 g/mol. The fourth-order valence-electron chi connectivity index (χ4n) is 3.60. The second kappa shape index (κ2) is 11.9. The number of esters is 1. The second-order valence-corrected chi connectivity index (χ2v) is 8.63. The highest BCUT2D eigenvalue weighted by Crippen LogP contribution is 2.42. The molecule has 0 aliphatic carbocycles. The predicted molar refractivity (Wildman–Crippen MR) is 140 cm³/mol. The van der Waals surface area contributed by atoms with Crippen LogP contribution in [0.3, 0.4) is 0 Å². The number of nitriles is 1. The quantitative estimate of drug-likeness (QED) is 0.176. The van der Waals surface area contributed by atoms with Crippen LogP contribution in [0, 0.1) is 17.9 Å². The minimum Gasteiger partial charge on any atom is -0.491 e. The number of nitrogens with zero attached hydrogens (tertiary/aromatic N) is 4. The first-order chi connectivity index (χ1) is 18.5. The Morgan fingerprint density at radius 2 is 1.92 bits per heavy atom. The molecule has 0 bridgehead atoms. The van der Waals surface area contributed by atoms with E-state index in [1.54, 1.807) is 36.4 Å². The Morgan fingerprint density at radius 3 is 2.55 bits per heavy atom. The molecule has 4 rings (SSSR count). The fourth-order valence-corrected chi connectivity index (χ4v) is 4.52. The number of carbonyl (C=O) groups is 1. The summed E-state index contributed by atoms with van der Waals surface area (Å²) in [6, 6.07) is 18.0. The number of hydrogen-bond donors (Lipinski definition) is 2. The van der Waals surface area contributed by atoms with Crippen molar-refractivity contribution in [3.63, 3.8) is 0 Å². The van der Waals surface area contributed by atoms with Crippen LogP contribution in [0.15, 0.2) is 64.0 Å². The van der Waals surface area contributed by atoms with E-state index >= 15 is 0 Å². The lowest BCUT2D eigenvalue weighted by molar-refractivity contribution is 0.0565. The molecule has 11 heteroatoms. The molecule has 0 fully saturated rings. The molecule has 0 amide bonds. The number of nitrogens with two attached hydrogens (primary N) is 1. The summed E-state index contributed by atoms with van der Waals surface area (Å²) in [5.74, 6) is 0.125. The summed E-state index contributed by atoms with van der Waals surface area (Å²) in [4.78, 5) is 24.7. The van der Waals surface area contributed by atoms with Gasteiger partial charge in [-0.15, -0.1) is 0 Å². The molecule has 0 saturated heterocycles. The van der Waals surface area contributed by atoms with Gasteiger partial charge in [0.2, 0.25) is 17.3 Å². The van der Waals surface area contributed by atoms with Gasteiger partial charge >= 0.3 is 5.97 Å². The monoisotopic (exact) mass is 527 g/mol. The molecule has 0 aliphatic heterocycles. The number of ether oxygens (including phenoxy) is 2. The molecule has 0 saturated carbocycles. The summed E-state index contributed by atoms with van der Waals surface area (Å²) in [5.41, 5.74) is 8.25. The Balaban J connectivity index is 1.72. The maximum Gasteiger partial charge on any atom is 0.376 e. The number of aliphatic hydroxyl groups excluding tert-OH is 1. The van der Waals surface area contributed by atoms with Crippen molar-refractivity contribution in [2.24, 2.45) is 0 Å². The molecule has 0 radical (unpaired) electrons. The Bertz CT molecular complexity index is 1540. The van der Waals surface area contributed by atoms with Crippen LogP contribution in [-0.2, 0) is 10.5 Å². The molecule has 190 valence electrons.